The van der Waals surface area contributed by atoms with Gasteiger partial charge in [-0.2, -0.15) is 5.10 Å². The third kappa shape index (κ3) is 2.85. The molecule has 0 bridgehead atoms. The van der Waals surface area contributed by atoms with E-state index in [2.05, 4.69) is 10.5 Å². The van der Waals surface area contributed by atoms with Crippen molar-refractivity contribution in [3.8, 4) is 11.5 Å². The average molecular weight is 254 g/mol. The lowest BCUT2D eigenvalue weighted by Gasteiger charge is -2.18. The second kappa shape index (κ2) is 5.44. The van der Waals surface area contributed by atoms with Gasteiger partial charge in [0.1, 0.15) is 13.2 Å². The van der Waals surface area contributed by atoms with Gasteiger partial charge in [0, 0.05) is 0 Å². The molecular weight excluding hydrogens is 240 g/mol. The average Bonchev–Trinajstić information content (AvgIpc) is 2.48. The van der Waals surface area contributed by atoms with E-state index in [1.807, 2.05) is 48.5 Å². The molecule has 3 rings (SSSR count). The van der Waals surface area contributed by atoms with Crippen molar-refractivity contribution in [2.75, 3.05) is 18.6 Å². The van der Waals surface area contributed by atoms with E-state index in [1.165, 1.54) is 0 Å². The van der Waals surface area contributed by atoms with Crippen molar-refractivity contribution in [1.29, 1.82) is 0 Å². The number of hydrazone groups is 1. The predicted molar refractivity (Wildman–Crippen MR) is 75.1 cm³/mol. The number of hydrogen-bond acceptors (Lipinski definition) is 4. The van der Waals surface area contributed by atoms with Crippen molar-refractivity contribution >= 4 is 11.9 Å². The van der Waals surface area contributed by atoms with Crippen LogP contribution in [0.25, 0.3) is 0 Å². The van der Waals surface area contributed by atoms with Crippen molar-refractivity contribution in [3.05, 3.63) is 54.1 Å². The van der Waals surface area contributed by atoms with E-state index in [0.29, 0.717) is 13.2 Å². The molecule has 4 nitrogen and oxygen atoms in total. The number of rotatable bonds is 3. The van der Waals surface area contributed by atoms with Crippen LogP contribution in [0, 0.1) is 0 Å². The zero-order valence-corrected chi connectivity index (χ0v) is 10.4. The van der Waals surface area contributed by atoms with Gasteiger partial charge < -0.3 is 9.47 Å². The zero-order chi connectivity index (χ0) is 12.9. The Hall–Kier alpha value is -2.49. The number of nitrogens with zero attached hydrogens (tertiary/aromatic N) is 1. The van der Waals surface area contributed by atoms with Crippen molar-refractivity contribution in [2.45, 2.75) is 0 Å². The Morgan fingerprint density at radius 1 is 0.947 bits per heavy atom. The van der Waals surface area contributed by atoms with E-state index in [1.54, 1.807) is 6.21 Å². The lowest BCUT2D eigenvalue weighted by Crippen LogP contribution is -2.15. The maximum atomic E-state index is 5.52. The molecule has 1 N–H and O–H groups in total. The minimum Gasteiger partial charge on any atom is -0.486 e. The molecule has 0 aliphatic carbocycles. The molecule has 4 heteroatoms. The van der Waals surface area contributed by atoms with E-state index in [-0.39, 0.29) is 0 Å². The Bertz CT molecular complexity index is 582. The molecule has 1 heterocycles. The summed E-state index contributed by atoms with van der Waals surface area (Å²) in [5, 5.41) is 4.19. The highest BCUT2D eigenvalue weighted by Gasteiger charge is 2.10. The van der Waals surface area contributed by atoms with Gasteiger partial charge in [-0.15, -0.1) is 0 Å². The smallest absolute Gasteiger partial charge is 0.162 e. The second-order valence-electron chi connectivity index (χ2n) is 4.14. The monoisotopic (exact) mass is 254 g/mol. The first kappa shape index (κ1) is 11.6. The summed E-state index contributed by atoms with van der Waals surface area (Å²) in [5.41, 5.74) is 4.89. The summed E-state index contributed by atoms with van der Waals surface area (Å²) in [6.45, 7) is 1.20. The van der Waals surface area contributed by atoms with Gasteiger partial charge in [0.05, 0.1) is 11.9 Å². The Labute approximate surface area is 111 Å². The van der Waals surface area contributed by atoms with Crippen LogP contribution in [0.2, 0.25) is 0 Å². The van der Waals surface area contributed by atoms with Gasteiger partial charge in [0.25, 0.3) is 0 Å². The van der Waals surface area contributed by atoms with E-state index in [4.69, 9.17) is 9.47 Å². The highest BCUT2D eigenvalue weighted by molar-refractivity contribution is 5.81. The quantitative estimate of drug-likeness (QED) is 0.676. The van der Waals surface area contributed by atoms with Crippen LogP contribution in [-0.2, 0) is 0 Å². The molecule has 0 saturated carbocycles. The molecule has 0 amide bonds. The lowest BCUT2D eigenvalue weighted by atomic mass is 10.2. The Balaban J connectivity index is 1.69. The van der Waals surface area contributed by atoms with Crippen LogP contribution in [0.5, 0.6) is 11.5 Å². The molecule has 2 aromatic carbocycles. The van der Waals surface area contributed by atoms with Crippen molar-refractivity contribution in [2.24, 2.45) is 5.10 Å². The molecule has 1 aliphatic rings. The number of para-hydroxylation sites is 1. The minimum absolute atomic E-state index is 0.593. The molecule has 0 aromatic heterocycles. The summed E-state index contributed by atoms with van der Waals surface area (Å²) < 4.78 is 11.0. The molecule has 0 spiro atoms. The highest BCUT2D eigenvalue weighted by Crippen LogP contribution is 2.30. The number of fused-ring (bicyclic) bond motifs is 1. The van der Waals surface area contributed by atoms with Gasteiger partial charge in [-0.1, -0.05) is 18.2 Å². The van der Waals surface area contributed by atoms with E-state index in [9.17, 15) is 0 Å². The summed E-state index contributed by atoms with van der Waals surface area (Å²) in [5.74, 6) is 1.56. The third-order valence-corrected chi connectivity index (χ3v) is 2.75. The van der Waals surface area contributed by atoms with Crippen molar-refractivity contribution < 1.29 is 9.47 Å². The lowest BCUT2D eigenvalue weighted by molar-refractivity contribution is 0.171. The first-order chi connectivity index (χ1) is 9.42. The van der Waals surface area contributed by atoms with Gasteiger partial charge in [-0.05, 0) is 35.9 Å². The van der Waals surface area contributed by atoms with Crippen LogP contribution in [0.3, 0.4) is 0 Å². The SMILES string of the molecule is C(=N\Nc1ccccc1)/c1ccc2c(c1)OCCO2. The molecule has 19 heavy (non-hydrogen) atoms. The second-order valence-corrected chi connectivity index (χ2v) is 4.14. The van der Waals surface area contributed by atoms with Crippen LogP contribution >= 0.6 is 0 Å². The molecule has 0 unspecified atom stereocenters. The van der Waals surface area contributed by atoms with Gasteiger partial charge in [-0.25, -0.2) is 0 Å². The van der Waals surface area contributed by atoms with Gasteiger partial charge in [0.2, 0.25) is 0 Å². The molecule has 0 fully saturated rings. The number of hydrogen-bond donors (Lipinski definition) is 1. The van der Waals surface area contributed by atoms with Crippen LogP contribution in [0.4, 0.5) is 5.69 Å². The number of nitrogens with one attached hydrogen (secondary N) is 1. The van der Waals surface area contributed by atoms with Gasteiger partial charge >= 0.3 is 0 Å². The Morgan fingerprint density at radius 2 is 1.74 bits per heavy atom. The first-order valence-corrected chi connectivity index (χ1v) is 6.15. The first-order valence-electron chi connectivity index (χ1n) is 6.15. The van der Waals surface area contributed by atoms with Gasteiger partial charge in [0.15, 0.2) is 11.5 Å². The number of benzene rings is 2. The topological polar surface area (TPSA) is 42.9 Å². The fraction of sp³-hybridized carbons (Fsp3) is 0.133. The zero-order valence-electron chi connectivity index (χ0n) is 10.4. The maximum absolute atomic E-state index is 5.52. The molecule has 0 atom stereocenters. The predicted octanol–water partition coefficient (Wildman–Crippen LogP) is 2.90. The summed E-state index contributed by atoms with van der Waals surface area (Å²) >= 11 is 0. The molecule has 0 radical (unpaired) electrons. The van der Waals surface area contributed by atoms with Crippen molar-refractivity contribution in [3.63, 3.8) is 0 Å². The molecule has 96 valence electrons. The molecule has 1 aliphatic heterocycles. The number of anilines is 1. The standard InChI is InChI=1S/C15H14N2O2/c1-2-4-13(5-3-1)17-16-11-12-6-7-14-15(10-12)19-9-8-18-14/h1-7,10-11,17H,8-9H2/b16-11+. The summed E-state index contributed by atoms with van der Waals surface area (Å²) in [6.07, 6.45) is 1.76. The minimum atomic E-state index is 0.593. The van der Waals surface area contributed by atoms with Crippen LogP contribution in [0.1, 0.15) is 5.56 Å². The van der Waals surface area contributed by atoms with Crippen LogP contribution in [0.15, 0.2) is 53.6 Å². The van der Waals surface area contributed by atoms with Crippen LogP contribution < -0.4 is 14.9 Å². The summed E-state index contributed by atoms with van der Waals surface area (Å²) in [7, 11) is 0. The fourth-order valence-corrected chi connectivity index (χ4v) is 1.83. The largest absolute Gasteiger partial charge is 0.486 e. The van der Waals surface area contributed by atoms with Gasteiger partial charge in [-0.3, -0.25) is 5.43 Å². The molecule has 2 aromatic rings. The maximum Gasteiger partial charge on any atom is 0.162 e. The highest BCUT2D eigenvalue weighted by atomic mass is 16.6. The summed E-state index contributed by atoms with van der Waals surface area (Å²) in [4.78, 5) is 0. The van der Waals surface area contributed by atoms with E-state index >= 15 is 0 Å². The fourth-order valence-electron chi connectivity index (χ4n) is 1.83. The van der Waals surface area contributed by atoms with Crippen LogP contribution in [-0.4, -0.2) is 19.4 Å². The Kier molecular flexibility index (Phi) is 3.32. The molecule has 0 saturated heterocycles. The Morgan fingerprint density at radius 3 is 2.58 bits per heavy atom. The summed E-state index contributed by atoms with van der Waals surface area (Å²) in [6, 6.07) is 15.6. The van der Waals surface area contributed by atoms with E-state index < -0.39 is 0 Å². The third-order valence-electron chi connectivity index (χ3n) is 2.75. The number of ether oxygens (including phenoxy) is 2. The molecular formula is C15H14N2O2. The van der Waals surface area contributed by atoms with Crippen molar-refractivity contribution in [1.82, 2.24) is 0 Å². The normalized spacial score (nSPS) is 13.5. The van der Waals surface area contributed by atoms with E-state index in [0.717, 1.165) is 22.7 Å².